The van der Waals surface area contributed by atoms with E-state index in [1.165, 1.54) is 25.2 Å². The first kappa shape index (κ1) is 27.5. The van der Waals surface area contributed by atoms with E-state index < -0.39 is 28.5 Å². The molecule has 0 aliphatic rings. The summed E-state index contributed by atoms with van der Waals surface area (Å²) in [6, 6.07) is 11.2. The highest BCUT2D eigenvalue weighted by molar-refractivity contribution is 9.10. The number of methoxy groups -OCH3 is 2. The number of carbonyl (C=O) groups excluding carboxylic acids is 2. The van der Waals surface area contributed by atoms with Crippen LogP contribution >= 0.6 is 15.9 Å². The smallest absolute Gasteiger partial charge is 0.244 e. The molecule has 34 heavy (non-hydrogen) atoms. The van der Waals surface area contributed by atoms with Crippen molar-refractivity contribution in [3.8, 4) is 11.5 Å². The second kappa shape index (κ2) is 12.1. The number of rotatable bonds is 11. The standard InChI is InChI=1S/C23H30BrN3O6S/c1-6-25-23(29)16(2)26(14-17-8-7-9-18(24)12-17)22(28)15-27(34(5,30)31)20-13-19(32-3)10-11-21(20)33-4/h7-13,16H,6,14-15H2,1-5H3,(H,25,29). The van der Waals surface area contributed by atoms with Crippen molar-refractivity contribution in [3.05, 3.63) is 52.5 Å². The lowest BCUT2D eigenvalue weighted by atomic mass is 10.1. The molecule has 1 N–H and O–H groups in total. The molecule has 11 heteroatoms. The first-order chi connectivity index (χ1) is 16.0. The van der Waals surface area contributed by atoms with Crippen LogP contribution in [0.3, 0.4) is 0 Å². The minimum Gasteiger partial charge on any atom is -0.497 e. The first-order valence-electron chi connectivity index (χ1n) is 10.5. The lowest BCUT2D eigenvalue weighted by Crippen LogP contribution is -2.51. The van der Waals surface area contributed by atoms with Crippen LogP contribution in [0.15, 0.2) is 46.9 Å². The van der Waals surface area contributed by atoms with E-state index in [-0.39, 0.29) is 23.9 Å². The monoisotopic (exact) mass is 555 g/mol. The summed E-state index contributed by atoms with van der Waals surface area (Å²) < 4.78 is 37.8. The van der Waals surface area contributed by atoms with Gasteiger partial charge in [0, 0.05) is 23.6 Å². The fraction of sp³-hybridized carbons (Fsp3) is 0.391. The van der Waals surface area contributed by atoms with Gasteiger partial charge in [-0.2, -0.15) is 0 Å². The zero-order valence-electron chi connectivity index (χ0n) is 19.9. The van der Waals surface area contributed by atoms with Crippen molar-refractivity contribution in [2.45, 2.75) is 26.4 Å². The summed E-state index contributed by atoms with van der Waals surface area (Å²) in [6.45, 7) is 3.38. The van der Waals surface area contributed by atoms with Crippen molar-refractivity contribution >= 4 is 43.5 Å². The quantitative estimate of drug-likeness (QED) is 0.457. The van der Waals surface area contributed by atoms with E-state index in [4.69, 9.17) is 9.47 Å². The van der Waals surface area contributed by atoms with Crippen LogP contribution in [0.4, 0.5) is 5.69 Å². The molecule has 1 atom stereocenters. The zero-order chi connectivity index (χ0) is 25.5. The molecule has 0 fully saturated rings. The number of halogens is 1. The number of likely N-dealkylation sites (N-methyl/N-ethyl adjacent to an activating group) is 1. The van der Waals surface area contributed by atoms with E-state index in [9.17, 15) is 18.0 Å². The topological polar surface area (TPSA) is 105 Å². The Morgan fingerprint density at radius 1 is 1.12 bits per heavy atom. The number of carbonyl (C=O) groups is 2. The van der Waals surface area contributed by atoms with Crippen molar-refractivity contribution in [1.29, 1.82) is 0 Å². The maximum atomic E-state index is 13.5. The molecule has 2 aromatic rings. The normalized spacial score (nSPS) is 11.9. The van der Waals surface area contributed by atoms with Gasteiger partial charge >= 0.3 is 0 Å². The molecule has 2 aromatic carbocycles. The molecule has 0 saturated heterocycles. The predicted octanol–water partition coefficient (Wildman–Crippen LogP) is 2.79. The Bertz CT molecular complexity index is 1130. The summed E-state index contributed by atoms with van der Waals surface area (Å²) in [5.41, 5.74) is 0.939. The SMILES string of the molecule is CCNC(=O)C(C)N(Cc1cccc(Br)c1)C(=O)CN(c1cc(OC)ccc1OC)S(C)(=O)=O. The first-order valence-corrected chi connectivity index (χ1v) is 13.2. The van der Waals surface area contributed by atoms with Gasteiger partial charge in [0.2, 0.25) is 21.8 Å². The van der Waals surface area contributed by atoms with Gasteiger partial charge < -0.3 is 19.7 Å². The molecule has 1 unspecified atom stereocenters. The minimum absolute atomic E-state index is 0.115. The molecule has 186 valence electrons. The summed E-state index contributed by atoms with van der Waals surface area (Å²) in [6.07, 6.45) is 1.01. The molecular weight excluding hydrogens is 526 g/mol. The van der Waals surface area contributed by atoms with Crippen LogP contribution in [-0.4, -0.2) is 64.7 Å². The van der Waals surface area contributed by atoms with Crippen LogP contribution < -0.4 is 19.1 Å². The Morgan fingerprint density at radius 2 is 1.82 bits per heavy atom. The van der Waals surface area contributed by atoms with Crippen LogP contribution in [0.25, 0.3) is 0 Å². The van der Waals surface area contributed by atoms with Gasteiger partial charge in [-0.15, -0.1) is 0 Å². The van der Waals surface area contributed by atoms with Crippen LogP contribution in [-0.2, 0) is 26.2 Å². The van der Waals surface area contributed by atoms with Gasteiger partial charge in [-0.05, 0) is 43.7 Å². The third-order valence-corrected chi connectivity index (χ3v) is 6.71. The average molecular weight is 556 g/mol. The highest BCUT2D eigenvalue weighted by Crippen LogP contribution is 2.34. The largest absolute Gasteiger partial charge is 0.497 e. The number of ether oxygens (including phenoxy) is 2. The van der Waals surface area contributed by atoms with Gasteiger partial charge in [-0.1, -0.05) is 28.1 Å². The average Bonchev–Trinajstić information content (AvgIpc) is 2.79. The Hall–Kier alpha value is -2.79. The predicted molar refractivity (Wildman–Crippen MR) is 135 cm³/mol. The van der Waals surface area contributed by atoms with Crippen LogP contribution in [0.2, 0.25) is 0 Å². The second-order valence-corrected chi connectivity index (χ2v) is 10.4. The highest BCUT2D eigenvalue weighted by Gasteiger charge is 2.31. The number of nitrogens with one attached hydrogen (secondary N) is 1. The van der Waals surface area contributed by atoms with E-state index >= 15 is 0 Å². The molecule has 0 spiro atoms. The van der Waals surface area contributed by atoms with Crippen molar-refractivity contribution in [2.24, 2.45) is 0 Å². The van der Waals surface area contributed by atoms with E-state index in [0.29, 0.717) is 12.3 Å². The van der Waals surface area contributed by atoms with E-state index in [0.717, 1.165) is 20.6 Å². The molecule has 0 saturated carbocycles. The Kier molecular flexibility index (Phi) is 9.75. The van der Waals surface area contributed by atoms with Gasteiger partial charge in [-0.25, -0.2) is 8.42 Å². The van der Waals surface area contributed by atoms with Crippen molar-refractivity contribution in [2.75, 3.05) is 37.9 Å². The highest BCUT2D eigenvalue weighted by atomic mass is 79.9. The Morgan fingerprint density at radius 3 is 2.38 bits per heavy atom. The lowest BCUT2D eigenvalue weighted by Gasteiger charge is -2.32. The minimum atomic E-state index is -3.90. The third kappa shape index (κ3) is 7.10. The molecule has 2 amide bonds. The molecule has 0 aliphatic carbocycles. The van der Waals surface area contributed by atoms with Crippen LogP contribution in [0.5, 0.6) is 11.5 Å². The van der Waals surface area contributed by atoms with E-state index in [1.807, 2.05) is 24.3 Å². The molecular formula is C23H30BrN3O6S. The molecule has 0 radical (unpaired) electrons. The summed E-state index contributed by atoms with van der Waals surface area (Å²) >= 11 is 3.41. The number of sulfonamides is 1. The van der Waals surface area contributed by atoms with Crippen molar-refractivity contribution < 1.29 is 27.5 Å². The number of benzene rings is 2. The van der Waals surface area contributed by atoms with Crippen molar-refractivity contribution in [1.82, 2.24) is 10.2 Å². The maximum absolute atomic E-state index is 13.5. The number of amides is 2. The molecule has 0 aromatic heterocycles. The van der Waals surface area contributed by atoms with Gasteiger partial charge in [0.1, 0.15) is 24.1 Å². The fourth-order valence-electron chi connectivity index (χ4n) is 3.32. The Labute approximate surface area is 209 Å². The maximum Gasteiger partial charge on any atom is 0.244 e. The van der Waals surface area contributed by atoms with Crippen LogP contribution in [0, 0.1) is 0 Å². The summed E-state index contributed by atoms with van der Waals surface area (Å²) in [5.74, 6) is -0.224. The van der Waals surface area contributed by atoms with Crippen molar-refractivity contribution in [3.63, 3.8) is 0 Å². The molecule has 9 nitrogen and oxygen atoms in total. The number of hydrogen-bond acceptors (Lipinski definition) is 6. The lowest BCUT2D eigenvalue weighted by molar-refractivity contribution is -0.139. The van der Waals surface area contributed by atoms with Gasteiger partial charge in [-0.3, -0.25) is 13.9 Å². The number of anilines is 1. The Balaban J connectivity index is 2.48. The van der Waals surface area contributed by atoms with Gasteiger partial charge in [0.25, 0.3) is 0 Å². The molecule has 0 aliphatic heterocycles. The van der Waals surface area contributed by atoms with Crippen LogP contribution in [0.1, 0.15) is 19.4 Å². The third-order valence-electron chi connectivity index (χ3n) is 5.09. The van der Waals surface area contributed by atoms with Gasteiger partial charge in [0.05, 0.1) is 26.2 Å². The number of hydrogen-bond donors (Lipinski definition) is 1. The van der Waals surface area contributed by atoms with E-state index in [1.54, 1.807) is 26.0 Å². The zero-order valence-corrected chi connectivity index (χ0v) is 22.3. The summed E-state index contributed by atoms with van der Waals surface area (Å²) in [4.78, 5) is 27.5. The molecule has 0 bridgehead atoms. The molecule has 0 heterocycles. The summed E-state index contributed by atoms with van der Waals surface area (Å²) in [7, 11) is -1.04. The summed E-state index contributed by atoms with van der Waals surface area (Å²) in [5, 5.41) is 2.72. The van der Waals surface area contributed by atoms with E-state index in [2.05, 4.69) is 21.2 Å². The van der Waals surface area contributed by atoms with Gasteiger partial charge in [0.15, 0.2) is 0 Å². The second-order valence-electron chi connectivity index (χ2n) is 7.53. The number of nitrogens with zero attached hydrogens (tertiary/aromatic N) is 2. The molecule has 2 rings (SSSR count). The fourth-order valence-corrected chi connectivity index (χ4v) is 4.61.